The van der Waals surface area contributed by atoms with Crippen LogP contribution in [0.4, 0.5) is 4.79 Å². The van der Waals surface area contributed by atoms with Crippen molar-refractivity contribution in [1.29, 1.82) is 0 Å². The lowest BCUT2D eigenvalue weighted by Gasteiger charge is -2.46. The van der Waals surface area contributed by atoms with Crippen LogP contribution in [0.2, 0.25) is 0 Å². The first-order valence-corrected chi connectivity index (χ1v) is 9.05. The standard InChI is InChI=1S/C20H29NO4/c1-19(2,3)25-18(22)21(4)14-20(10-9-17-23-11-12-24-17)13-15-7-5-6-8-16(15)20/h5-8,17H,9-14H2,1-4H3. The number of rotatable bonds is 5. The van der Waals surface area contributed by atoms with E-state index in [1.54, 1.807) is 4.90 Å². The van der Waals surface area contributed by atoms with E-state index in [4.69, 9.17) is 14.2 Å². The van der Waals surface area contributed by atoms with Crippen molar-refractivity contribution in [2.45, 2.75) is 57.3 Å². The molecule has 1 amide bonds. The molecule has 0 saturated carbocycles. The van der Waals surface area contributed by atoms with Gasteiger partial charge in [-0.05, 0) is 51.2 Å². The third-order valence-electron chi connectivity index (χ3n) is 4.91. The fourth-order valence-electron chi connectivity index (χ4n) is 3.81. The number of amides is 1. The van der Waals surface area contributed by atoms with Crippen LogP contribution in [0.1, 0.15) is 44.7 Å². The molecule has 1 aromatic carbocycles. The van der Waals surface area contributed by atoms with Crippen LogP contribution in [-0.2, 0) is 26.0 Å². The van der Waals surface area contributed by atoms with Gasteiger partial charge < -0.3 is 19.1 Å². The topological polar surface area (TPSA) is 48.0 Å². The second kappa shape index (κ2) is 6.96. The van der Waals surface area contributed by atoms with Crippen LogP contribution in [0.3, 0.4) is 0 Å². The highest BCUT2D eigenvalue weighted by Gasteiger charge is 2.44. The molecule has 3 rings (SSSR count). The largest absolute Gasteiger partial charge is 0.444 e. The van der Waals surface area contributed by atoms with Crippen molar-refractivity contribution >= 4 is 6.09 Å². The molecule has 1 atom stereocenters. The van der Waals surface area contributed by atoms with Gasteiger partial charge in [-0.25, -0.2) is 4.79 Å². The van der Waals surface area contributed by atoms with Crippen molar-refractivity contribution in [3.8, 4) is 0 Å². The van der Waals surface area contributed by atoms with Crippen LogP contribution in [0.15, 0.2) is 24.3 Å². The number of carbonyl (C=O) groups excluding carboxylic acids is 1. The zero-order chi connectivity index (χ0) is 18.1. The van der Waals surface area contributed by atoms with E-state index in [-0.39, 0.29) is 17.8 Å². The van der Waals surface area contributed by atoms with Gasteiger partial charge in [-0.3, -0.25) is 0 Å². The number of ether oxygens (including phenoxy) is 3. The molecule has 1 saturated heterocycles. The number of likely N-dealkylation sites (N-methyl/N-ethyl adjacent to an activating group) is 1. The summed E-state index contributed by atoms with van der Waals surface area (Å²) in [6.45, 7) is 7.66. The van der Waals surface area contributed by atoms with Gasteiger partial charge >= 0.3 is 6.09 Å². The highest BCUT2D eigenvalue weighted by atomic mass is 16.7. The summed E-state index contributed by atoms with van der Waals surface area (Å²) >= 11 is 0. The molecule has 1 aliphatic carbocycles. The van der Waals surface area contributed by atoms with E-state index in [1.807, 2.05) is 27.8 Å². The zero-order valence-corrected chi connectivity index (χ0v) is 15.7. The Morgan fingerprint density at radius 3 is 2.60 bits per heavy atom. The summed E-state index contributed by atoms with van der Waals surface area (Å²) in [5.74, 6) is 0. The van der Waals surface area contributed by atoms with Crippen molar-refractivity contribution in [1.82, 2.24) is 4.90 Å². The summed E-state index contributed by atoms with van der Waals surface area (Å²) in [5, 5.41) is 0. The van der Waals surface area contributed by atoms with Crippen LogP contribution in [0.5, 0.6) is 0 Å². The first kappa shape index (κ1) is 18.2. The van der Waals surface area contributed by atoms with Gasteiger partial charge in [0.1, 0.15) is 5.60 Å². The molecule has 0 N–H and O–H groups in total. The summed E-state index contributed by atoms with van der Waals surface area (Å²) in [5.41, 5.74) is 2.18. The zero-order valence-electron chi connectivity index (χ0n) is 15.7. The number of hydrogen-bond donors (Lipinski definition) is 0. The first-order valence-electron chi connectivity index (χ1n) is 9.05. The minimum absolute atomic E-state index is 0.0441. The molecule has 5 nitrogen and oxygen atoms in total. The lowest BCUT2D eigenvalue weighted by molar-refractivity contribution is -0.0531. The molecule has 0 radical (unpaired) electrons. The van der Waals surface area contributed by atoms with Crippen LogP contribution >= 0.6 is 0 Å². The van der Waals surface area contributed by atoms with E-state index in [0.29, 0.717) is 19.8 Å². The summed E-state index contributed by atoms with van der Waals surface area (Å²) < 4.78 is 16.7. The SMILES string of the molecule is CN(CC1(CCC2OCCO2)Cc2ccccc21)C(=O)OC(C)(C)C. The van der Waals surface area contributed by atoms with Crippen LogP contribution in [-0.4, -0.2) is 49.7 Å². The highest BCUT2D eigenvalue weighted by molar-refractivity contribution is 5.68. The van der Waals surface area contributed by atoms with Gasteiger partial charge in [0.15, 0.2) is 6.29 Å². The summed E-state index contributed by atoms with van der Waals surface area (Å²) in [6, 6.07) is 8.49. The van der Waals surface area contributed by atoms with Gasteiger partial charge in [0.2, 0.25) is 0 Å². The van der Waals surface area contributed by atoms with Gasteiger partial charge in [0, 0.05) is 19.0 Å². The summed E-state index contributed by atoms with van der Waals surface area (Å²) in [6.07, 6.45) is 2.36. The van der Waals surface area contributed by atoms with Crippen molar-refractivity contribution in [3.63, 3.8) is 0 Å². The van der Waals surface area contributed by atoms with Crippen molar-refractivity contribution in [2.75, 3.05) is 26.8 Å². The van der Waals surface area contributed by atoms with Gasteiger partial charge in [-0.1, -0.05) is 24.3 Å². The quantitative estimate of drug-likeness (QED) is 0.818. The maximum atomic E-state index is 12.4. The number of hydrogen-bond acceptors (Lipinski definition) is 4. The minimum Gasteiger partial charge on any atom is -0.444 e. The monoisotopic (exact) mass is 347 g/mol. The van der Waals surface area contributed by atoms with E-state index in [0.717, 1.165) is 19.3 Å². The number of carbonyl (C=O) groups is 1. The molecule has 0 spiro atoms. The van der Waals surface area contributed by atoms with Gasteiger partial charge in [-0.2, -0.15) is 0 Å². The molecule has 0 aromatic heterocycles. The first-order chi connectivity index (χ1) is 11.8. The predicted octanol–water partition coefficient (Wildman–Crippen LogP) is 3.50. The van der Waals surface area contributed by atoms with Crippen LogP contribution < -0.4 is 0 Å². The Bertz CT molecular complexity index is 618. The molecule has 1 fully saturated rings. The van der Waals surface area contributed by atoms with E-state index in [1.165, 1.54) is 11.1 Å². The van der Waals surface area contributed by atoms with Crippen molar-refractivity contribution < 1.29 is 19.0 Å². The summed E-state index contributed by atoms with van der Waals surface area (Å²) in [7, 11) is 1.82. The lowest BCUT2D eigenvalue weighted by atomic mass is 9.61. The van der Waals surface area contributed by atoms with E-state index in [9.17, 15) is 4.79 Å². The second-order valence-corrected chi connectivity index (χ2v) is 8.16. The smallest absolute Gasteiger partial charge is 0.410 e. The Labute approximate surface area is 150 Å². The van der Waals surface area contributed by atoms with Gasteiger partial charge in [0.25, 0.3) is 0 Å². The normalized spacial score (nSPS) is 23.0. The Balaban J connectivity index is 1.70. The molecule has 25 heavy (non-hydrogen) atoms. The fourth-order valence-corrected chi connectivity index (χ4v) is 3.81. The van der Waals surface area contributed by atoms with Gasteiger partial charge in [0.05, 0.1) is 13.2 Å². The van der Waals surface area contributed by atoms with E-state index < -0.39 is 5.60 Å². The molecule has 1 heterocycles. The molecule has 5 heteroatoms. The Morgan fingerprint density at radius 2 is 1.96 bits per heavy atom. The van der Waals surface area contributed by atoms with Crippen molar-refractivity contribution in [3.05, 3.63) is 35.4 Å². The maximum Gasteiger partial charge on any atom is 0.410 e. The lowest BCUT2D eigenvalue weighted by Crippen LogP contribution is -2.50. The molecule has 138 valence electrons. The number of nitrogens with zero attached hydrogens (tertiary/aromatic N) is 1. The van der Waals surface area contributed by atoms with Crippen molar-refractivity contribution in [2.24, 2.45) is 0 Å². The summed E-state index contributed by atoms with van der Waals surface area (Å²) in [4.78, 5) is 14.1. The van der Waals surface area contributed by atoms with Crippen LogP contribution in [0.25, 0.3) is 0 Å². The number of benzene rings is 1. The molecule has 0 bridgehead atoms. The van der Waals surface area contributed by atoms with Gasteiger partial charge in [-0.15, -0.1) is 0 Å². The maximum absolute atomic E-state index is 12.4. The molecule has 2 aliphatic rings. The molecular formula is C20H29NO4. The van der Waals surface area contributed by atoms with E-state index in [2.05, 4.69) is 24.3 Å². The number of fused-ring (bicyclic) bond motifs is 1. The third-order valence-corrected chi connectivity index (χ3v) is 4.91. The van der Waals surface area contributed by atoms with E-state index >= 15 is 0 Å². The molecule has 1 unspecified atom stereocenters. The molecular weight excluding hydrogens is 318 g/mol. The Kier molecular flexibility index (Phi) is 5.07. The predicted molar refractivity (Wildman–Crippen MR) is 95.6 cm³/mol. The average Bonchev–Trinajstić information content (AvgIpc) is 3.02. The fraction of sp³-hybridized carbons (Fsp3) is 0.650. The Hall–Kier alpha value is -1.59. The second-order valence-electron chi connectivity index (χ2n) is 8.16. The molecule has 1 aromatic rings. The Morgan fingerprint density at radius 1 is 1.28 bits per heavy atom. The third kappa shape index (κ3) is 4.15. The molecule has 1 aliphatic heterocycles. The highest BCUT2D eigenvalue weighted by Crippen LogP contribution is 2.45. The minimum atomic E-state index is -0.485. The average molecular weight is 347 g/mol. The van der Waals surface area contributed by atoms with Crippen LogP contribution in [0, 0.1) is 0 Å².